The van der Waals surface area contributed by atoms with Crippen molar-refractivity contribution in [3.8, 4) is 0 Å². The highest BCUT2D eigenvalue weighted by Gasteiger charge is 2.29. The topological polar surface area (TPSA) is 72.6 Å². The van der Waals surface area contributed by atoms with Crippen molar-refractivity contribution in [2.75, 3.05) is 13.2 Å². The third-order valence-corrected chi connectivity index (χ3v) is 2.30. The molecule has 1 rings (SSSR count). The molecule has 0 aromatic carbocycles. The van der Waals surface area contributed by atoms with Crippen LogP contribution in [-0.2, 0) is 16.6 Å². The molecule has 0 spiro atoms. The van der Waals surface area contributed by atoms with E-state index < -0.39 is 24.2 Å². The molecule has 0 unspecified atom stereocenters. The molecule has 0 saturated heterocycles. The molecule has 1 heterocycles. The van der Waals surface area contributed by atoms with Crippen LogP contribution >= 0.6 is 0 Å². The number of rotatable bonds is 5. The molecule has 8 heteroatoms. The number of carboxylic acids is 1. The number of carboxylic acid groups (broad SMARTS) is 1. The Bertz CT molecular complexity index is 474. The summed E-state index contributed by atoms with van der Waals surface area (Å²) in [5.74, 6) is -1.50. The van der Waals surface area contributed by atoms with Crippen molar-refractivity contribution < 1.29 is 32.2 Å². The highest BCUT2D eigenvalue weighted by Crippen LogP contribution is 2.26. The first-order valence-electron chi connectivity index (χ1n) is 5.88. The normalized spacial score (nSPS) is 12.7. The van der Waals surface area contributed by atoms with E-state index in [4.69, 9.17) is 9.52 Å². The first-order chi connectivity index (χ1) is 9.00. The average Bonchev–Trinajstić information content (AvgIpc) is 2.67. The number of halogens is 3. The average molecular weight is 295 g/mol. The minimum atomic E-state index is -4.39. The van der Waals surface area contributed by atoms with Crippen LogP contribution in [0.4, 0.5) is 13.2 Å². The summed E-state index contributed by atoms with van der Waals surface area (Å²) in [6.45, 7) is 3.69. The molecule has 1 aromatic heterocycles. The van der Waals surface area contributed by atoms with Crippen LogP contribution in [0.1, 0.15) is 42.9 Å². The van der Waals surface area contributed by atoms with E-state index in [2.05, 4.69) is 9.72 Å². The van der Waals surface area contributed by atoms with Gasteiger partial charge in [-0.1, -0.05) is 20.8 Å². The van der Waals surface area contributed by atoms with Gasteiger partial charge in [0.05, 0.1) is 12.3 Å². The first kappa shape index (κ1) is 16.5. The zero-order valence-corrected chi connectivity index (χ0v) is 11.4. The number of ether oxygens (including phenoxy) is 1. The predicted octanol–water partition coefficient (Wildman–Crippen LogP) is 2.79. The number of aromatic carboxylic acids is 1. The second-order valence-electron chi connectivity index (χ2n) is 5.26. The molecule has 114 valence electrons. The number of oxazole rings is 1. The van der Waals surface area contributed by atoms with Gasteiger partial charge in [0.1, 0.15) is 6.61 Å². The van der Waals surface area contributed by atoms with Crippen LogP contribution in [0.5, 0.6) is 0 Å². The SMILES string of the molecule is CC(C)(C)c1nc(CCOCC(F)(F)F)oc1C(=O)O. The lowest BCUT2D eigenvalue weighted by atomic mass is 9.91. The van der Waals surface area contributed by atoms with Gasteiger partial charge in [0.25, 0.3) is 0 Å². The summed E-state index contributed by atoms with van der Waals surface area (Å²) in [5.41, 5.74) is -0.279. The monoisotopic (exact) mass is 295 g/mol. The predicted molar refractivity (Wildman–Crippen MR) is 62.7 cm³/mol. The Morgan fingerprint density at radius 2 is 1.95 bits per heavy atom. The van der Waals surface area contributed by atoms with Crippen LogP contribution in [0.15, 0.2) is 4.42 Å². The summed E-state index contributed by atoms with van der Waals surface area (Å²) < 4.78 is 45.1. The molecule has 1 aromatic rings. The summed E-state index contributed by atoms with van der Waals surface area (Å²) >= 11 is 0. The molecule has 0 fully saturated rings. The molecule has 0 saturated carbocycles. The lowest BCUT2D eigenvalue weighted by Gasteiger charge is -2.14. The zero-order chi connectivity index (χ0) is 15.6. The van der Waals surface area contributed by atoms with Gasteiger partial charge < -0.3 is 14.3 Å². The van der Waals surface area contributed by atoms with Crippen LogP contribution in [0.2, 0.25) is 0 Å². The van der Waals surface area contributed by atoms with Crippen LogP contribution in [0, 0.1) is 0 Å². The third kappa shape index (κ3) is 4.84. The molecule has 0 aliphatic heterocycles. The first-order valence-corrected chi connectivity index (χ1v) is 5.88. The molecule has 0 aliphatic rings. The Labute approximate surface area is 113 Å². The maximum atomic E-state index is 11.9. The van der Waals surface area contributed by atoms with Gasteiger partial charge in [-0.15, -0.1) is 0 Å². The van der Waals surface area contributed by atoms with Gasteiger partial charge in [0.15, 0.2) is 5.89 Å². The van der Waals surface area contributed by atoms with Gasteiger partial charge in [0, 0.05) is 11.8 Å². The molecule has 0 aliphatic carbocycles. The summed E-state index contributed by atoms with van der Waals surface area (Å²) in [6, 6.07) is 0. The quantitative estimate of drug-likeness (QED) is 0.846. The number of hydrogen-bond acceptors (Lipinski definition) is 4. The minimum Gasteiger partial charge on any atom is -0.475 e. The number of nitrogens with zero attached hydrogens (tertiary/aromatic N) is 1. The van der Waals surface area contributed by atoms with E-state index in [0.717, 1.165) is 0 Å². The number of hydrogen-bond donors (Lipinski definition) is 1. The Kier molecular flexibility index (Phi) is 4.80. The highest BCUT2D eigenvalue weighted by atomic mass is 19.4. The van der Waals surface area contributed by atoms with Crippen molar-refractivity contribution in [1.29, 1.82) is 0 Å². The smallest absolute Gasteiger partial charge is 0.411 e. The van der Waals surface area contributed by atoms with Crippen molar-refractivity contribution >= 4 is 5.97 Å². The molecule has 20 heavy (non-hydrogen) atoms. The van der Waals surface area contributed by atoms with E-state index in [9.17, 15) is 18.0 Å². The van der Waals surface area contributed by atoms with Crippen molar-refractivity contribution in [2.24, 2.45) is 0 Å². The second-order valence-corrected chi connectivity index (χ2v) is 5.26. The van der Waals surface area contributed by atoms with Crippen LogP contribution in [0.3, 0.4) is 0 Å². The van der Waals surface area contributed by atoms with Crippen LogP contribution in [-0.4, -0.2) is 35.4 Å². The fourth-order valence-corrected chi connectivity index (χ4v) is 1.47. The third-order valence-electron chi connectivity index (χ3n) is 2.30. The fourth-order valence-electron chi connectivity index (χ4n) is 1.47. The van der Waals surface area contributed by atoms with Gasteiger partial charge in [-0.3, -0.25) is 0 Å². The number of carbonyl (C=O) groups is 1. The van der Waals surface area contributed by atoms with Crippen molar-refractivity contribution in [1.82, 2.24) is 4.98 Å². The van der Waals surface area contributed by atoms with Crippen molar-refractivity contribution in [2.45, 2.75) is 38.8 Å². The summed E-state index contributed by atoms with van der Waals surface area (Å²) in [5, 5.41) is 9.01. The van der Waals surface area contributed by atoms with Gasteiger partial charge in [0.2, 0.25) is 5.76 Å². The Balaban J connectivity index is 2.71. The standard InChI is InChI=1S/C12H16F3NO4/c1-11(2,3)9-8(10(17)18)20-7(16-9)4-5-19-6-12(13,14)15/h4-6H2,1-3H3,(H,17,18). The van der Waals surface area contributed by atoms with E-state index in [1.54, 1.807) is 20.8 Å². The number of alkyl halides is 3. The second kappa shape index (κ2) is 5.82. The molecule has 1 N–H and O–H groups in total. The molecule has 0 amide bonds. The minimum absolute atomic E-state index is 0.0214. The maximum Gasteiger partial charge on any atom is 0.411 e. The van der Waals surface area contributed by atoms with Gasteiger partial charge in [-0.25, -0.2) is 9.78 Å². The summed E-state index contributed by atoms with van der Waals surface area (Å²) in [4.78, 5) is 15.1. The zero-order valence-electron chi connectivity index (χ0n) is 11.4. The Hall–Kier alpha value is -1.57. The number of aromatic nitrogens is 1. The molecule has 0 radical (unpaired) electrons. The van der Waals surface area contributed by atoms with Crippen LogP contribution < -0.4 is 0 Å². The summed E-state index contributed by atoms with van der Waals surface area (Å²) in [7, 11) is 0. The molecule has 0 bridgehead atoms. The van der Waals surface area contributed by atoms with E-state index in [-0.39, 0.29) is 30.4 Å². The lowest BCUT2D eigenvalue weighted by Crippen LogP contribution is -2.18. The van der Waals surface area contributed by atoms with Crippen molar-refractivity contribution in [3.63, 3.8) is 0 Å². The van der Waals surface area contributed by atoms with E-state index >= 15 is 0 Å². The van der Waals surface area contributed by atoms with E-state index in [1.807, 2.05) is 0 Å². The Morgan fingerprint density at radius 1 is 1.35 bits per heavy atom. The summed E-state index contributed by atoms with van der Waals surface area (Å²) in [6.07, 6.45) is -4.41. The van der Waals surface area contributed by atoms with Crippen LogP contribution in [0.25, 0.3) is 0 Å². The van der Waals surface area contributed by atoms with Gasteiger partial charge in [-0.05, 0) is 0 Å². The van der Waals surface area contributed by atoms with E-state index in [0.29, 0.717) is 0 Å². The van der Waals surface area contributed by atoms with Crippen molar-refractivity contribution in [3.05, 3.63) is 17.3 Å². The largest absolute Gasteiger partial charge is 0.475 e. The van der Waals surface area contributed by atoms with Gasteiger partial charge in [-0.2, -0.15) is 13.2 Å². The molecule has 0 atom stereocenters. The molecular formula is C12H16F3NO4. The maximum absolute atomic E-state index is 11.9. The van der Waals surface area contributed by atoms with E-state index in [1.165, 1.54) is 0 Å². The fraction of sp³-hybridized carbons (Fsp3) is 0.667. The highest BCUT2D eigenvalue weighted by molar-refractivity contribution is 5.86. The lowest BCUT2D eigenvalue weighted by molar-refractivity contribution is -0.173. The Morgan fingerprint density at radius 3 is 2.35 bits per heavy atom. The van der Waals surface area contributed by atoms with Gasteiger partial charge >= 0.3 is 12.1 Å². The molecule has 5 nitrogen and oxygen atoms in total. The molecular weight excluding hydrogens is 279 g/mol.